The minimum absolute atomic E-state index is 0.130. The van der Waals surface area contributed by atoms with Crippen LogP contribution in [0.4, 0.5) is 0 Å². The molecule has 3 aromatic rings. The van der Waals surface area contributed by atoms with E-state index in [0.717, 1.165) is 5.56 Å². The summed E-state index contributed by atoms with van der Waals surface area (Å²) >= 11 is 6.06. The summed E-state index contributed by atoms with van der Waals surface area (Å²) < 4.78 is 28.3. The van der Waals surface area contributed by atoms with Gasteiger partial charge in [-0.3, -0.25) is 4.79 Å². The molecule has 0 aliphatic carbocycles. The molecule has 31 heavy (non-hydrogen) atoms. The number of nitrogens with one attached hydrogen (secondary N) is 2. The fourth-order valence-corrected chi connectivity index (χ4v) is 4.28. The molecule has 0 saturated carbocycles. The maximum Gasteiger partial charge on any atom is 0.242 e. The molecule has 3 rings (SSSR count). The van der Waals surface area contributed by atoms with Crippen LogP contribution in [0.3, 0.4) is 0 Å². The lowest BCUT2D eigenvalue weighted by molar-refractivity contribution is -0.121. The van der Waals surface area contributed by atoms with Crippen molar-refractivity contribution in [2.75, 3.05) is 0 Å². The monoisotopic (exact) mass is 455 g/mol. The van der Waals surface area contributed by atoms with Gasteiger partial charge in [0.2, 0.25) is 15.9 Å². The van der Waals surface area contributed by atoms with E-state index in [1.807, 2.05) is 13.0 Å². The number of benzene rings is 3. The first-order valence-corrected chi connectivity index (χ1v) is 11.4. The Balaban J connectivity index is 1.74. The Labute approximate surface area is 187 Å². The molecule has 1 amide bonds. The second-order valence-corrected chi connectivity index (χ2v) is 9.04. The van der Waals surface area contributed by atoms with Gasteiger partial charge in [-0.2, -0.15) is 5.10 Å². The molecule has 0 radical (unpaired) electrons. The zero-order chi connectivity index (χ0) is 22.3. The number of nitrogens with zero attached hydrogens (tertiary/aromatic N) is 1. The first-order chi connectivity index (χ1) is 14.8. The summed E-state index contributed by atoms with van der Waals surface area (Å²) in [6.45, 7) is 1.88. The zero-order valence-electron chi connectivity index (χ0n) is 16.8. The van der Waals surface area contributed by atoms with Crippen LogP contribution in [0, 0.1) is 6.92 Å². The number of hydrogen-bond acceptors (Lipinski definition) is 4. The van der Waals surface area contributed by atoms with Crippen LogP contribution in [0.5, 0.6) is 0 Å². The minimum Gasteiger partial charge on any atom is -0.273 e. The maximum absolute atomic E-state index is 12.9. The highest BCUT2D eigenvalue weighted by Gasteiger charge is 2.23. The van der Waals surface area contributed by atoms with E-state index in [0.29, 0.717) is 16.1 Å². The Morgan fingerprint density at radius 3 is 2.32 bits per heavy atom. The van der Waals surface area contributed by atoms with Crippen LogP contribution in [0.15, 0.2) is 88.9 Å². The maximum atomic E-state index is 12.9. The highest BCUT2D eigenvalue weighted by atomic mass is 35.5. The van der Waals surface area contributed by atoms with Gasteiger partial charge in [0, 0.05) is 17.0 Å². The van der Waals surface area contributed by atoms with E-state index < -0.39 is 22.0 Å². The molecule has 2 N–H and O–H groups in total. The zero-order valence-corrected chi connectivity index (χ0v) is 18.4. The van der Waals surface area contributed by atoms with Crippen molar-refractivity contribution in [3.63, 3.8) is 0 Å². The fourth-order valence-electron chi connectivity index (χ4n) is 2.87. The summed E-state index contributed by atoms with van der Waals surface area (Å²) in [5.74, 6) is -0.441. The van der Waals surface area contributed by atoms with Gasteiger partial charge in [0.05, 0.1) is 17.2 Å². The van der Waals surface area contributed by atoms with Crippen LogP contribution in [-0.2, 0) is 14.8 Å². The SMILES string of the molecule is Cc1ccc(S(=O)(=O)N[C@H](CC(=O)N/N=C\c2ccccc2Cl)c2ccccc2)cc1. The van der Waals surface area contributed by atoms with Gasteiger partial charge in [-0.25, -0.2) is 18.6 Å². The summed E-state index contributed by atoms with van der Waals surface area (Å²) in [4.78, 5) is 12.6. The smallest absolute Gasteiger partial charge is 0.242 e. The molecule has 8 heteroatoms. The van der Waals surface area contributed by atoms with E-state index in [2.05, 4.69) is 15.2 Å². The molecule has 1 atom stereocenters. The van der Waals surface area contributed by atoms with Crippen molar-refractivity contribution >= 4 is 33.7 Å². The molecule has 0 saturated heterocycles. The van der Waals surface area contributed by atoms with E-state index >= 15 is 0 Å². The van der Waals surface area contributed by atoms with Crippen molar-refractivity contribution < 1.29 is 13.2 Å². The Kier molecular flexibility index (Phi) is 7.57. The van der Waals surface area contributed by atoms with E-state index in [9.17, 15) is 13.2 Å². The topological polar surface area (TPSA) is 87.6 Å². The predicted octanol–water partition coefficient (Wildman–Crippen LogP) is 4.21. The molecule has 0 fully saturated rings. The van der Waals surface area contributed by atoms with E-state index in [4.69, 9.17) is 11.6 Å². The molecule has 0 aliphatic heterocycles. The molecule has 0 aliphatic rings. The van der Waals surface area contributed by atoms with E-state index in [-0.39, 0.29) is 11.3 Å². The van der Waals surface area contributed by atoms with E-state index in [1.54, 1.807) is 60.7 Å². The van der Waals surface area contributed by atoms with Crippen molar-refractivity contribution in [3.05, 3.63) is 101 Å². The van der Waals surface area contributed by atoms with Gasteiger partial charge in [-0.15, -0.1) is 0 Å². The molecule has 0 heterocycles. The number of carbonyl (C=O) groups is 1. The summed E-state index contributed by atoms with van der Waals surface area (Å²) in [5, 5.41) is 4.44. The molecule has 0 spiro atoms. The third-order valence-electron chi connectivity index (χ3n) is 4.52. The van der Waals surface area contributed by atoms with Crippen LogP contribution in [0.2, 0.25) is 5.02 Å². The average molecular weight is 456 g/mol. The average Bonchev–Trinajstić information content (AvgIpc) is 2.75. The number of halogens is 1. The minimum atomic E-state index is -3.83. The van der Waals surface area contributed by atoms with Crippen molar-refractivity contribution in [1.82, 2.24) is 10.1 Å². The summed E-state index contributed by atoms with van der Waals surface area (Å²) in [6.07, 6.45) is 1.31. The molecule has 6 nitrogen and oxygen atoms in total. The lowest BCUT2D eigenvalue weighted by Gasteiger charge is -2.18. The lowest BCUT2D eigenvalue weighted by atomic mass is 10.0. The third kappa shape index (κ3) is 6.49. The van der Waals surface area contributed by atoms with Crippen molar-refractivity contribution in [3.8, 4) is 0 Å². The molecule has 0 aromatic heterocycles. The van der Waals surface area contributed by atoms with Crippen molar-refractivity contribution in [1.29, 1.82) is 0 Å². The molecular weight excluding hydrogens is 434 g/mol. The van der Waals surface area contributed by atoms with Gasteiger partial charge >= 0.3 is 0 Å². The van der Waals surface area contributed by atoms with E-state index in [1.165, 1.54) is 18.3 Å². The first-order valence-electron chi connectivity index (χ1n) is 9.55. The van der Waals surface area contributed by atoms with Crippen LogP contribution >= 0.6 is 11.6 Å². The number of aryl methyl sites for hydroxylation is 1. The van der Waals surface area contributed by atoms with Gasteiger partial charge in [0.15, 0.2) is 0 Å². The largest absolute Gasteiger partial charge is 0.273 e. The Morgan fingerprint density at radius 1 is 1.00 bits per heavy atom. The highest BCUT2D eigenvalue weighted by molar-refractivity contribution is 7.89. The second-order valence-electron chi connectivity index (χ2n) is 6.92. The summed E-state index contributed by atoms with van der Waals surface area (Å²) in [6, 6.07) is 21.8. The quantitative estimate of drug-likeness (QED) is 0.394. The number of hydrogen-bond donors (Lipinski definition) is 2. The number of rotatable bonds is 8. The summed E-state index contributed by atoms with van der Waals surface area (Å²) in [7, 11) is -3.83. The molecule has 0 unspecified atom stereocenters. The highest BCUT2D eigenvalue weighted by Crippen LogP contribution is 2.21. The van der Waals surface area contributed by atoms with Gasteiger partial charge in [0.1, 0.15) is 0 Å². The van der Waals surface area contributed by atoms with Crippen molar-refractivity contribution in [2.45, 2.75) is 24.3 Å². The van der Waals surface area contributed by atoms with Gasteiger partial charge in [-0.05, 0) is 30.7 Å². The number of hydrazone groups is 1. The third-order valence-corrected chi connectivity index (χ3v) is 6.35. The molecule has 160 valence electrons. The van der Waals surface area contributed by atoms with Crippen LogP contribution < -0.4 is 10.1 Å². The molecule has 3 aromatic carbocycles. The van der Waals surface area contributed by atoms with Gasteiger partial charge in [0.25, 0.3) is 0 Å². The van der Waals surface area contributed by atoms with Crippen molar-refractivity contribution in [2.24, 2.45) is 5.10 Å². The Morgan fingerprint density at radius 2 is 1.65 bits per heavy atom. The Bertz CT molecular complexity index is 1160. The standard InChI is InChI=1S/C23H22ClN3O3S/c1-17-11-13-20(14-12-17)31(29,30)27-22(18-7-3-2-4-8-18)15-23(28)26-25-16-19-9-5-6-10-21(19)24/h2-14,16,22,27H,15H2,1H3,(H,26,28)/b25-16-/t22-/m1/s1. The van der Waals surface area contributed by atoms with Gasteiger partial charge in [-0.1, -0.05) is 77.8 Å². The molecular formula is C23H22ClN3O3S. The predicted molar refractivity (Wildman–Crippen MR) is 122 cm³/mol. The number of amides is 1. The normalized spacial score (nSPS) is 12.6. The summed E-state index contributed by atoms with van der Waals surface area (Å²) in [5.41, 5.74) is 4.71. The second kappa shape index (κ2) is 10.3. The lowest BCUT2D eigenvalue weighted by Crippen LogP contribution is -2.32. The number of sulfonamides is 1. The fraction of sp³-hybridized carbons (Fsp3) is 0.130. The number of carbonyl (C=O) groups excluding carboxylic acids is 1. The Hall–Kier alpha value is -3.00. The van der Waals surface area contributed by atoms with Crippen LogP contribution in [-0.4, -0.2) is 20.5 Å². The molecule has 0 bridgehead atoms. The van der Waals surface area contributed by atoms with Crippen LogP contribution in [0.25, 0.3) is 0 Å². The van der Waals surface area contributed by atoms with Gasteiger partial charge < -0.3 is 0 Å². The van der Waals surface area contributed by atoms with Crippen LogP contribution in [0.1, 0.15) is 29.2 Å². The first kappa shape index (κ1) is 22.7.